The van der Waals surface area contributed by atoms with Crippen LogP contribution in [0.4, 0.5) is 10.1 Å². The molecule has 1 aliphatic rings. The number of rotatable bonds is 2. The van der Waals surface area contributed by atoms with Crippen LogP contribution in [-0.4, -0.2) is 32.2 Å². The van der Waals surface area contributed by atoms with Gasteiger partial charge in [0.15, 0.2) is 11.5 Å². The van der Waals surface area contributed by atoms with Gasteiger partial charge in [-0.05, 0) is 24.6 Å². The van der Waals surface area contributed by atoms with Crippen molar-refractivity contribution in [1.29, 1.82) is 0 Å². The van der Waals surface area contributed by atoms with Crippen molar-refractivity contribution < 1.29 is 9.18 Å². The average Bonchev–Trinajstić information content (AvgIpc) is 3.14. The molecule has 8 heteroatoms. The highest BCUT2D eigenvalue weighted by Gasteiger charge is 2.23. The van der Waals surface area contributed by atoms with Crippen molar-refractivity contribution in [3.05, 3.63) is 46.9 Å². The number of benzene rings is 1. The number of aromatic amines is 1. The number of carbonyl (C=O) groups excluding carboxylic acids is 1. The molecule has 1 saturated heterocycles. The van der Waals surface area contributed by atoms with E-state index in [-0.39, 0.29) is 28.2 Å². The predicted molar refractivity (Wildman–Crippen MR) is 81.0 cm³/mol. The van der Waals surface area contributed by atoms with Gasteiger partial charge in [0.05, 0.1) is 12.5 Å². The largest absolute Gasteiger partial charge is 0.312 e. The van der Waals surface area contributed by atoms with Gasteiger partial charge < -0.3 is 9.88 Å². The fourth-order valence-corrected chi connectivity index (χ4v) is 2.79. The van der Waals surface area contributed by atoms with Gasteiger partial charge in [-0.1, -0.05) is 0 Å². The Morgan fingerprint density at radius 1 is 1.26 bits per heavy atom. The zero-order valence-corrected chi connectivity index (χ0v) is 12.0. The van der Waals surface area contributed by atoms with E-state index in [0.29, 0.717) is 18.7 Å². The van der Waals surface area contributed by atoms with Crippen molar-refractivity contribution in [1.82, 2.24) is 19.7 Å². The smallest absolute Gasteiger partial charge is 0.261 e. The molecule has 1 N–H and O–H groups in total. The van der Waals surface area contributed by atoms with Crippen LogP contribution in [0.3, 0.4) is 0 Å². The van der Waals surface area contributed by atoms with Crippen LogP contribution in [0.5, 0.6) is 0 Å². The zero-order valence-electron chi connectivity index (χ0n) is 12.0. The van der Waals surface area contributed by atoms with Crippen LogP contribution in [0, 0.1) is 5.82 Å². The number of halogens is 1. The molecule has 4 rings (SSSR count). The van der Waals surface area contributed by atoms with Crippen molar-refractivity contribution >= 4 is 22.6 Å². The van der Waals surface area contributed by atoms with Gasteiger partial charge in [-0.3, -0.25) is 9.59 Å². The SMILES string of the molecule is O=C1CCCN1c1ccc(-n2ncc3c(=O)[nH]cnc32)c(F)c1. The molecule has 0 unspecified atom stereocenters. The molecule has 1 amide bonds. The summed E-state index contributed by atoms with van der Waals surface area (Å²) in [6, 6.07) is 4.51. The van der Waals surface area contributed by atoms with Gasteiger partial charge >= 0.3 is 0 Å². The highest BCUT2D eigenvalue weighted by atomic mass is 19.1. The number of hydrogen-bond acceptors (Lipinski definition) is 4. The third-order valence-corrected chi connectivity index (χ3v) is 3.92. The summed E-state index contributed by atoms with van der Waals surface area (Å²) in [6.45, 7) is 0.596. The number of carbonyl (C=O) groups is 1. The minimum absolute atomic E-state index is 0.00473. The molecule has 0 spiro atoms. The molecule has 2 aromatic heterocycles. The van der Waals surface area contributed by atoms with Crippen LogP contribution < -0.4 is 10.5 Å². The van der Waals surface area contributed by atoms with Crippen LogP contribution in [0.25, 0.3) is 16.7 Å². The van der Waals surface area contributed by atoms with Crippen LogP contribution in [0.2, 0.25) is 0 Å². The lowest BCUT2D eigenvalue weighted by Crippen LogP contribution is -2.23. The van der Waals surface area contributed by atoms with Gasteiger partial charge in [0.2, 0.25) is 5.91 Å². The van der Waals surface area contributed by atoms with Crippen LogP contribution in [-0.2, 0) is 4.79 Å². The van der Waals surface area contributed by atoms with Gasteiger partial charge in [0, 0.05) is 18.7 Å². The third kappa shape index (κ3) is 2.10. The monoisotopic (exact) mass is 313 g/mol. The van der Waals surface area contributed by atoms with Crippen molar-refractivity contribution in [3.63, 3.8) is 0 Å². The molecule has 3 aromatic rings. The first kappa shape index (κ1) is 13.6. The topological polar surface area (TPSA) is 83.9 Å². The summed E-state index contributed by atoms with van der Waals surface area (Å²) >= 11 is 0. The number of amides is 1. The van der Waals surface area contributed by atoms with E-state index in [1.807, 2.05) is 0 Å². The molecule has 3 heterocycles. The summed E-state index contributed by atoms with van der Waals surface area (Å²) in [4.78, 5) is 31.5. The summed E-state index contributed by atoms with van der Waals surface area (Å²) < 4.78 is 15.8. The molecule has 23 heavy (non-hydrogen) atoms. The molecule has 0 aliphatic carbocycles. The Bertz CT molecular complexity index is 977. The first-order chi connectivity index (χ1) is 11.1. The standard InChI is InChI=1S/C15H12FN5O2/c16-11-6-9(20-5-1-2-13(20)22)3-4-12(11)21-14-10(7-19-21)15(23)18-8-17-14/h3-4,6-8H,1-2,5H2,(H,17,18,23). The average molecular weight is 313 g/mol. The van der Waals surface area contributed by atoms with E-state index in [1.165, 1.54) is 29.3 Å². The Hall–Kier alpha value is -3.03. The first-order valence-corrected chi connectivity index (χ1v) is 7.17. The normalized spacial score (nSPS) is 14.8. The fraction of sp³-hybridized carbons (Fsp3) is 0.200. The van der Waals surface area contributed by atoms with Crippen molar-refractivity contribution in [3.8, 4) is 5.69 Å². The van der Waals surface area contributed by atoms with Crippen molar-refractivity contribution in [2.75, 3.05) is 11.4 Å². The molecule has 1 aromatic carbocycles. The lowest BCUT2D eigenvalue weighted by atomic mass is 10.2. The van der Waals surface area contributed by atoms with E-state index in [1.54, 1.807) is 11.0 Å². The molecule has 0 atom stereocenters. The number of hydrogen-bond donors (Lipinski definition) is 1. The van der Waals surface area contributed by atoms with E-state index in [9.17, 15) is 14.0 Å². The minimum Gasteiger partial charge on any atom is -0.312 e. The van der Waals surface area contributed by atoms with Crippen molar-refractivity contribution in [2.24, 2.45) is 0 Å². The Labute approximate surface area is 129 Å². The Balaban J connectivity index is 1.81. The summed E-state index contributed by atoms with van der Waals surface area (Å²) in [5.74, 6) is -0.538. The number of anilines is 1. The summed E-state index contributed by atoms with van der Waals surface area (Å²) in [5.41, 5.74) is 0.642. The predicted octanol–water partition coefficient (Wildman–Crippen LogP) is 1.37. The van der Waals surface area contributed by atoms with Crippen LogP contribution in [0.1, 0.15) is 12.8 Å². The summed E-state index contributed by atoms with van der Waals surface area (Å²) in [6.07, 6.45) is 3.86. The maximum atomic E-state index is 14.5. The molecular formula is C15H12FN5O2. The number of aromatic nitrogens is 4. The first-order valence-electron chi connectivity index (χ1n) is 7.17. The molecule has 116 valence electrons. The maximum Gasteiger partial charge on any atom is 0.261 e. The number of nitrogens with zero attached hydrogens (tertiary/aromatic N) is 4. The molecular weight excluding hydrogens is 301 g/mol. The van der Waals surface area contributed by atoms with Gasteiger partial charge in [-0.2, -0.15) is 5.10 Å². The Kier molecular flexibility index (Phi) is 2.97. The Morgan fingerprint density at radius 2 is 2.13 bits per heavy atom. The fourth-order valence-electron chi connectivity index (χ4n) is 2.79. The highest BCUT2D eigenvalue weighted by Crippen LogP contribution is 2.25. The third-order valence-electron chi connectivity index (χ3n) is 3.92. The second-order valence-corrected chi connectivity index (χ2v) is 5.31. The second-order valence-electron chi connectivity index (χ2n) is 5.31. The van der Waals surface area contributed by atoms with Gasteiger partial charge in [0.1, 0.15) is 11.1 Å². The summed E-state index contributed by atoms with van der Waals surface area (Å²) in [7, 11) is 0. The molecule has 0 saturated carbocycles. The lowest BCUT2D eigenvalue weighted by Gasteiger charge is -2.16. The number of fused-ring (bicyclic) bond motifs is 1. The molecule has 0 radical (unpaired) electrons. The van der Waals surface area contributed by atoms with E-state index in [0.717, 1.165) is 6.42 Å². The van der Waals surface area contributed by atoms with E-state index >= 15 is 0 Å². The van der Waals surface area contributed by atoms with E-state index in [4.69, 9.17) is 0 Å². The quantitative estimate of drug-likeness (QED) is 0.774. The van der Waals surface area contributed by atoms with Crippen LogP contribution >= 0.6 is 0 Å². The maximum absolute atomic E-state index is 14.5. The second kappa shape index (κ2) is 5.01. The molecule has 1 aliphatic heterocycles. The molecule has 1 fully saturated rings. The van der Waals surface area contributed by atoms with Gasteiger partial charge in [-0.15, -0.1) is 0 Å². The van der Waals surface area contributed by atoms with Gasteiger partial charge in [0.25, 0.3) is 5.56 Å². The lowest BCUT2D eigenvalue weighted by molar-refractivity contribution is -0.117. The zero-order chi connectivity index (χ0) is 16.0. The van der Waals surface area contributed by atoms with Crippen LogP contribution in [0.15, 0.2) is 35.5 Å². The van der Waals surface area contributed by atoms with E-state index < -0.39 is 5.82 Å². The van der Waals surface area contributed by atoms with Crippen molar-refractivity contribution in [2.45, 2.75) is 12.8 Å². The van der Waals surface area contributed by atoms with Gasteiger partial charge in [-0.25, -0.2) is 14.1 Å². The number of H-pyrrole nitrogens is 1. The minimum atomic E-state index is -0.533. The Morgan fingerprint density at radius 3 is 2.87 bits per heavy atom. The highest BCUT2D eigenvalue weighted by molar-refractivity contribution is 5.95. The molecule has 7 nitrogen and oxygen atoms in total. The van der Waals surface area contributed by atoms with E-state index in [2.05, 4.69) is 15.1 Å². The number of nitrogens with one attached hydrogen (secondary N) is 1. The molecule has 0 bridgehead atoms. The summed E-state index contributed by atoms with van der Waals surface area (Å²) in [5, 5.41) is 4.33.